The van der Waals surface area contributed by atoms with Gasteiger partial charge in [-0.2, -0.15) is 0 Å². The van der Waals surface area contributed by atoms with Gasteiger partial charge >= 0.3 is 0 Å². The number of hydrogen-bond acceptors (Lipinski definition) is 2. The Morgan fingerprint density at radius 2 is 2.00 bits per heavy atom. The molecule has 0 bridgehead atoms. The van der Waals surface area contributed by atoms with Crippen LogP contribution in [0.25, 0.3) is 0 Å². The minimum Gasteiger partial charge on any atom is -0.384 e. The summed E-state index contributed by atoms with van der Waals surface area (Å²) in [6.45, 7) is 4.18. The molecule has 1 aliphatic heterocycles. The molecule has 2 rings (SSSR count). The fourth-order valence-corrected chi connectivity index (χ4v) is 2.61. The lowest BCUT2D eigenvalue weighted by Crippen LogP contribution is -2.34. The summed E-state index contributed by atoms with van der Waals surface area (Å²) < 4.78 is 5.21. The van der Waals surface area contributed by atoms with Crippen molar-refractivity contribution in [1.82, 2.24) is 4.90 Å². The van der Waals surface area contributed by atoms with Gasteiger partial charge < -0.3 is 4.74 Å². The van der Waals surface area contributed by atoms with Gasteiger partial charge in [0.05, 0.1) is 0 Å². The van der Waals surface area contributed by atoms with Crippen molar-refractivity contribution >= 4 is 11.6 Å². The highest BCUT2D eigenvalue weighted by molar-refractivity contribution is 6.31. The molecule has 94 valence electrons. The number of halogens is 1. The third kappa shape index (κ3) is 3.70. The second kappa shape index (κ2) is 6.39. The molecule has 0 unspecified atom stereocenters. The van der Waals surface area contributed by atoms with Crippen LogP contribution in [0, 0.1) is 5.92 Å². The average Bonchev–Trinajstić information content (AvgIpc) is 2.35. The van der Waals surface area contributed by atoms with Crippen molar-refractivity contribution in [2.75, 3.05) is 26.8 Å². The number of methoxy groups -OCH3 is 1. The molecule has 0 atom stereocenters. The maximum Gasteiger partial charge on any atom is 0.0491 e. The van der Waals surface area contributed by atoms with Crippen molar-refractivity contribution in [3.63, 3.8) is 0 Å². The first kappa shape index (κ1) is 12.9. The molecule has 1 aromatic rings. The summed E-state index contributed by atoms with van der Waals surface area (Å²) in [5, 5.41) is 0.881. The standard InChI is InChI=1S/C14H20ClNO/c1-17-11-12-6-8-16(9-7-12)10-13-4-2-3-5-14(13)15/h2-5,12H,6-11H2,1H3. The van der Waals surface area contributed by atoms with Crippen LogP contribution in [0.3, 0.4) is 0 Å². The van der Waals surface area contributed by atoms with E-state index >= 15 is 0 Å². The normalized spacial score (nSPS) is 18.5. The first-order chi connectivity index (χ1) is 8.29. The summed E-state index contributed by atoms with van der Waals surface area (Å²) in [6.07, 6.45) is 2.47. The van der Waals surface area contributed by atoms with E-state index < -0.39 is 0 Å². The van der Waals surface area contributed by atoms with E-state index in [0.717, 1.165) is 37.2 Å². The predicted octanol–water partition coefficient (Wildman–Crippen LogP) is 3.20. The van der Waals surface area contributed by atoms with Crippen LogP contribution in [0.2, 0.25) is 5.02 Å². The van der Waals surface area contributed by atoms with E-state index in [1.54, 1.807) is 7.11 Å². The van der Waals surface area contributed by atoms with Crippen molar-refractivity contribution in [3.8, 4) is 0 Å². The molecule has 0 aromatic heterocycles. The van der Waals surface area contributed by atoms with Gasteiger partial charge in [-0.3, -0.25) is 4.90 Å². The Hall–Kier alpha value is -0.570. The first-order valence-corrected chi connectivity index (χ1v) is 6.62. The molecule has 1 aromatic carbocycles. The highest BCUT2D eigenvalue weighted by Gasteiger charge is 2.19. The van der Waals surface area contributed by atoms with Crippen LogP contribution in [-0.4, -0.2) is 31.7 Å². The van der Waals surface area contributed by atoms with Gasteiger partial charge in [0.1, 0.15) is 0 Å². The molecular formula is C14H20ClNO. The number of nitrogens with zero attached hydrogens (tertiary/aromatic N) is 1. The first-order valence-electron chi connectivity index (χ1n) is 6.24. The predicted molar refractivity (Wildman–Crippen MR) is 71.3 cm³/mol. The molecule has 1 fully saturated rings. The second-order valence-electron chi connectivity index (χ2n) is 4.77. The number of hydrogen-bond donors (Lipinski definition) is 0. The summed E-state index contributed by atoms with van der Waals surface area (Å²) in [6, 6.07) is 8.12. The molecule has 0 amide bonds. The Morgan fingerprint density at radius 1 is 1.29 bits per heavy atom. The third-order valence-corrected chi connectivity index (χ3v) is 3.83. The van der Waals surface area contributed by atoms with E-state index in [0.29, 0.717) is 0 Å². The van der Waals surface area contributed by atoms with E-state index in [-0.39, 0.29) is 0 Å². The van der Waals surface area contributed by atoms with Gasteiger partial charge in [0.25, 0.3) is 0 Å². The molecule has 17 heavy (non-hydrogen) atoms. The largest absolute Gasteiger partial charge is 0.384 e. The average molecular weight is 254 g/mol. The Balaban J connectivity index is 1.84. The van der Waals surface area contributed by atoms with Crippen molar-refractivity contribution in [2.45, 2.75) is 19.4 Å². The highest BCUT2D eigenvalue weighted by Crippen LogP contribution is 2.22. The van der Waals surface area contributed by atoms with Gasteiger partial charge in [-0.25, -0.2) is 0 Å². The number of likely N-dealkylation sites (tertiary alicyclic amines) is 1. The quantitative estimate of drug-likeness (QED) is 0.817. The zero-order valence-corrected chi connectivity index (χ0v) is 11.1. The minimum atomic E-state index is 0.738. The van der Waals surface area contributed by atoms with Gasteiger partial charge in [-0.05, 0) is 43.5 Å². The van der Waals surface area contributed by atoms with Crippen molar-refractivity contribution in [1.29, 1.82) is 0 Å². The molecule has 0 radical (unpaired) electrons. The van der Waals surface area contributed by atoms with E-state index in [1.807, 2.05) is 12.1 Å². The maximum absolute atomic E-state index is 6.18. The van der Waals surface area contributed by atoms with E-state index in [4.69, 9.17) is 16.3 Å². The molecule has 0 saturated carbocycles. The Bertz CT molecular complexity index is 348. The minimum absolute atomic E-state index is 0.738. The SMILES string of the molecule is COCC1CCN(Cc2ccccc2Cl)CC1. The van der Waals surface area contributed by atoms with E-state index in [1.165, 1.54) is 18.4 Å². The summed E-state index contributed by atoms with van der Waals surface area (Å²) in [5.74, 6) is 0.738. The molecule has 3 heteroatoms. The number of benzene rings is 1. The lowest BCUT2D eigenvalue weighted by atomic mass is 9.97. The van der Waals surface area contributed by atoms with Gasteiger partial charge in [-0.15, -0.1) is 0 Å². The van der Waals surface area contributed by atoms with Gasteiger partial charge in [0, 0.05) is 25.3 Å². The number of rotatable bonds is 4. The van der Waals surface area contributed by atoms with Crippen LogP contribution < -0.4 is 0 Å². The molecule has 1 aliphatic rings. The molecule has 0 aliphatic carbocycles. The fourth-order valence-electron chi connectivity index (χ4n) is 2.41. The second-order valence-corrected chi connectivity index (χ2v) is 5.17. The van der Waals surface area contributed by atoms with Crippen LogP contribution in [0.15, 0.2) is 24.3 Å². The van der Waals surface area contributed by atoms with Crippen LogP contribution in [-0.2, 0) is 11.3 Å². The monoisotopic (exact) mass is 253 g/mol. The zero-order chi connectivity index (χ0) is 12.1. The maximum atomic E-state index is 6.18. The highest BCUT2D eigenvalue weighted by atomic mass is 35.5. The molecule has 1 saturated heterocycles. The Labute approximate surface area is 109 Å². The molecule has 1 heterocycles. The summed E-state index contributed by atoms with van der Waals surface area (Å²) >= 11 is 6.18. The number of piperidine rings is 1. The molecule has 0 spiro atoms. The third-order valence-electron chi connectivity index (χ3n) is 3.46. The summed E-state index contributed by atoms with van der Waals surface area (Å²) in [4.78, 5) is 2.48. The molecule has 2 nitrogen and oxygen atoms in total. The van der Waals surface area contributed by atoms with Crippen LogP contribution in [0.4, 0.5) is 0 Å². The van der Waals surface area contributed by atoms with Crippen molar-refractivity contribution < 1.29 is 4.74 Å². The number of ether oxygens (including phenoxy) is 1. The van der Waals surface area contributed by atoms with Gasteiger partial charge in [0.2, 0.25) is 0 Å². The van der Waals surface area contributed by atoms with Crippen LogP contribution >= 0.6 is 11.6 Å². The van der Waals surface area contributed by atoms with Gasteiger partial charge in [-0.1, -0.05) is 29.8 Å². The topological polar surface area (TPSA) is 12.5 Å². The molecular weight excluding hydrogens is 234 g/mol. The van der Waals surface area contributed by atoms with Crippen molar-refractivity contribution in [2.24, 2.45) is 5.92 Å². The Kier molecular flexibility index (Phi) is 4.84. The van der Waals surface area contributed by atoms with E-state index in [9.17, 15) is 0 Å². The zero-order valence-electron chi connectivity index (χ0n) is 10.4. The summed E-state index contributed by atoms with van der Waals surface area (Å²) in [7, 11) is 1.79. The van der Waals surface area contributed by atoms with E-state index in [2.05, 4.69) is 17.0 Å². The lowest BCUT2D eigenvalue weighted by Gasteiger charge is -2.31. The summed E-state index contributed by atoms with van der Waals surface area (Å²) in [5.41, 5.74) is 1.24. The Morgan fingerprint density at radius 3 is 2.65 bits per heavy atom. The smallest absolute Gasteiger partial charge is 0.0491 e. The van der Waals surface area contributed by atoms with Crippen LogP contribution in [0.5, 0.6) is 0 Å². The van der Waals surface area contributed by atoms with Gasteiger partial charge in [0.15, 0.2) is 0 Å². The lowest BCUT2D eigenvalue weighted by molar-refractivity contribution is 0.0968. The molecule has 0 N–H and O–H groups in total. The van der Waals surface area contributed by atoms with Crippen LogP contribution in [0.1, 0.15) is 18.4 Å². The fraction of sp³-hybridized carbons (Fsp3) is 0.571. The van der Waals surface area contributed by atoms with Crippen molar-refractivity contribution in [3.05, 3.63) is 34.9 Å².